The molecule has 0 bridgehead atoms. The van der Waals surface area contributed by atoms with E-state index in [9.17, 15) is 4.79 Å². The molecule has 1 N–H and O–H groups in total. The van der Waals surface area contributed by atoms with Gasteiger partial charge in [-0.3, -0.25) is 4.79 Å². The zero-order valence-corrected chi connectivity index (χ0v) is 13.3. The Hall–Kier alpha value is -1.71. The average Bonchev–Trinajstić information content (AvgIpc) is 2.44. The van der Waals surface area contributed by atoms with Gasteiger partial charge in [0.05, 0.1) is 10.0 Å². The van der Waals surface area contributed by atoms with Crippen LogP contribution in [0.15, 0.2) is 36.4 Å². The number of benzene rings is 2. The van der Waals surface area contributed by atoms with Crippen LogP contribution in [-0.2, 0) is 4.79 Å². The summed E-state index contributed by atoms with van der Waals surface area (Å²) >= 11 is 11.7. The Balaban J connectivity index is 1.95. The number of nitrogens with one attached hydrogen (secondary N) is 1. The third-order valence-electron chi connectivity index (χ3n) is 2.93. The first-order chi connectivity index (χ1) is 9.95. The van der Waals surface area contributed by atoms with E-state index < -0.39 is 0 Å². The zero-order valence-electron chi connectivity index (χ0n) is 11.7. The number of carbonyl (C=O) groups excluding carboxylic acids is 1. The van der Waals surface area contributed by atoms with Crippen molar-refractivity contribution >= 4 is 34.8 Å². The van der Waals surface area contributed by atoms with Gasteiger partial charge in [-0.05, 0) is 43.2 Å². The largest absolute Gasteiger partial charge is 0.484 e. The van der Waals surface area contributed by atoms with Crippen LogP contribution in [0.5, 0.6) is 5.75 Å². The van der Waals surface area contributed by atoms with E-state index in [0.717, 1.165) is 16.8 Å². The van der Waals surface area contributed by atoms with Gasteiger partial charge in [0.1, 0.15) is 5.75 Å². The van der Waals surface area contributed by atoms with Crippen LogP contribution in [0, 0.1) is 13.8 Å². The van der Waals surface area contributed by atoms with Gasteiger partial charge in [0.25, 0.3) is 5.91 Å². The van der Waals surface area contributed by atoms with E-state index >= 15 is 0 Å². The first kappa shape index (κ1) is 15.7. The number of anilines is 1. The molecular formula is C16H15Cl2NO2. The lowest BCUT2D eigenvalue weighted by molar-refractivity contribution is -0.118. The molecule has 0 heterocycles. The quantitative estimate of drug-likeness (QED) is 0.890. The molecule has 0 radical (unpaired) electrons. The summed E-state index contributed by atoms with van der Waals surface area (Å²) in [4.78, 5) is 11.9. The van der Waals surface area contributed by atoms with E-state index in [4.69, 9.17) is 27.9 Å². The monoisotopic (exact) mass is 323 g/mol. The van der Waals surface area contributed by atoms with Crippen LogP contribution in [0.3, 0.4) is 0 Å². The number of aryl methyl sites for hydroxylation is 2. The normalized spacial score (nSPS) is 10.3. The first-order valence-electron chi connectivity index (χ1n) is 6.40. The Labute approximate surface area is 133 Å². The van der Waals surface area contributed by atoms with Crippen LogP contribution in [0.2, 0.25) is 10.0 Å². The lowest BCUT2D eigenvalue weighted by Crippen LogP contribution is -2.20. The van der Waals surface area contributed by atoms with Crippen LogP contribution in [-0.4, -0.2) is 12.5 Å². The predicted molar refractivity (Wildman–Crippen MR) is 86.5 cm³/mol. The van der Waals surface area contributed by atoms with Gasteiger partial charge in [0.2, 0.25) is 0 Å². The lowest BCUT2D eigenvalue weighted by Gasteiger charge is -2.10. The summed E-state index contributed by atoms with van der Waals surface area (Å²) in [7, 11) is 0. The third-order valence-corrected chi connectivity index (χ3v) is 3.67. The molecule has 3 nitrogen and oxygen atoms in total. The van der Waals surface area contributed by atoms with E-state index in [2.05, 4.69) is 5.32 Å². The summed E-state index contributed by atoms with van der Waals surface area (Å²) in [6, 6.07) is 10.8. The van der Waals surface area contributed by atoms with Gasteiger partial charge in [-0.15, -0.1) is 0 Å². The molecule has 110 valence electrons. The Morgan fingerprint density at radius 1 is 1.10 bits per heavy atom. The van der Waals surface area contributed by atoms with Crippen molar-refractivity contribution in [1.82, 2.24) is 0 Å². The van der Waals surface area contributed by atoms with Gasteiger partial charge in [-0.25, -0.2) is 0 Å². The molecule has 0 aliphatic carbocycles. The van der Waals surface area contributed by atoms with Gasteiger partial charge < -0.3 is 10.1 Å². The number of rotatable bonds is 4. The van der Waals surface area contributed by atoms with Crippen molar-refractivity contribution in [3.8, 4) is 5.75 Å². The fraction of sp³-hybridized carbons (Fsp3) is 0.188. The number of hydrogen-bond donors (Lipinski definition) is 1. The van der Waals surface area contributed by atoms with E-state index in [1.165, 1.54) is 0 Å². The summed E-state index contributed by atoms with van der Waals surface area (Å²) in [5.74, 6) is 0.273. The highest BCUT2D eigenvalue weighted by atomic mass is 35.5. The molecule has 2 aromatic carbocycles. The van der Waals surface area contributed by atoms with Crippen LogP contribution in [0.25, 0.3) is 0 Å². The molecule has 0 aliphatic rings. The van der Waals surface area contributed by atoms with Crippen molar-refractivity contribution in [2.75, 3.05) is 11.9 Å². The SMILES string of the molecule is Cc1ccc(C)c(NC(=O)COc2ccc(Cl)c(Cl)c2)c1. The second-order valence-corrected chi connectivity index (χ2v) is 5.55. The molecule has 0 fully saturated rings. The predicted octanol–water partition coefficient (Wildman–Crippen LogP) is 4.63. The molecule has 0 atom stereocenters. The van der Waals surface area contributed by atoms with Gasteiger partial charge in [-0.1, -0.05) is 35.3 Å². The molecule has 1 amide bonds. The maximum atomic E-state index is 11.9. The van der Waals surface area contributed by atoms with Crippen molar-refractivity contribution in [1.29, 1.82) is 0 Å². The summed E-state index contributed by atoms with van der Waals surface area (Å²) in [5.41, 5.74) is 2.88. The van der Waals surface area contributed by atoms with Crippen molar-refractivity contribution < 1.29 is 9.53 Å². The second-order valence-electron chi connectivity index (χ2n) is 4.73. The number of ether oxygens (including phenoxy) is 1. The number of halogens is 2. The molecule has 5 heteroatoms. The Kier molecular flexibility index (Phi) is 5.10. The van der Waals surface area contributed by atoms with E-state index in [0.29, 0.717) is 15.8 Å². The van der Waals surface area contributed by atoms with E-state index in [1.54, 1.807) is 18.2 Å². The Morgan fingerprint density at radius 2 is 1.86 bits per heavy atom. The molecule has 0 saturated heterocycles. The first-order valence-corrected chi connectivity index (χ1v) is 7.16. The summed E-state index contributed by atoms with van der Waals surface area (Å²) in [6.07, 6.45) is 0. The summed E-state index contributed by atoms with van der Waals surface area (Å²) in [5, 5.41) is 3.66. The zero-order chi connectivity index (χ0) is 15.4. The van der Waals surface area contributed by atoms with E-state index in [1.807, 2.05) is 32.0 Å². The second kappa shape index (κ2) is 6.83. The van der Waals surface area contributed by atoms with Crippen molar-refractivity contribution in [2.45, 2.75) is 13.8 Å². The van der Waals surface area contributed by atoms with Gasteiger partial charge in [0.15, 0.2) is 6.61 Å². The summed E-state index contributed by atoms with van der Waals surface area (Å²) in [6.45, 7) is 3.82. The molecule has 0 saturated carbocycles. The highest BCUT2D eigenvalue weighted by Crippen LogP contribution is 2.26. The third kappa shape index (κ3) is 4.38. The fourth-order valence-corrected chi connectivity index (χ4v) is 2.06. The van der Waals surface area contributed by atoms with Crippen molar-refractivity contribution in [2.24, 2.45) is 0 Å². The Morgan fingerprint density at radius 3 is 2.57 bits per heavy atom. The van der Waals surface area contributed by atoms with Crippen molar-refractivity contribution in [3.05, 3.63) is 57.6 Å². The van der Waals surface area contributed by atoms with Gasteiger partial charge in [0, 0.05) is 11.8 Å². The molecule has 2 aromatic rings. The lowest BCUT2D eigenvalue weighted by atomic mass is 10.1. The molecule has 21 heavy (non-hydrogen) atoms. The topological polar surface area (TPSA) is 38.3 Å². The minimum Gasteiger partial charge on any atom is -0.484 e. The molecular weight excluding hydrogens is 309 g/mol. The fourth-order valence-electron chi connectivity index (χ4n) is 1.77. The van der Waals surface area contributed by atoms with Crippen LogP contribution in [0.1, 0.15) is 11.1 Å². The van der Waals surface area contributed by atoms with Crippen LogP contribution >= 0.6 is 23.2 Å². The molecule has 0 spiro atoms. The maximum Gasteiger partial charge on any atom is 0.262 e. The number of hydrogen-bond acceptors (Lipinski definition) is 2. The number of amides is 1. The summed E-state index contributed by atoms with van der Waals surface area (Å²) < 4.78 is 5.39. The molecule has 0 aliphatic heterocycles. The minimum atomic E-state index is -0.227. The van der Waals surface area contributed by atoms with Gasteiger partial charge in [-0.2, -0.15) is 0 Å². The van der Waals surface area contributed by atoms with E-state index in [-0.39, 0.29) is 12.5 Å². The van der Waals surface area contributed by atoms with Crippen molar-refractivity contribution in [3.63, 3.8) is 0 Å². The highest BCUT2D eigenvalue weighted by molar-refractivity contribution is 6.42. The highest BCUT2D eigenvalue weighted by Gasteiger charge is 2.07. The standard InChI is InChI=1S/C16H15Cl2NO2/c1-10-3-4-11(2)15(7-10)19-16(20)9-21-12-5-6-13(17)14(18)8-12/h3-8H,9H2,1-2H3,(H,19,20). The average molecular weight is 324 g/mol. The number of carbonyl (C=O) groups is 1. The molecule has 0 unspecified atom stereocenters. The molecule has 2 rings (SSSR count). The smallest absolute Gasteiger partial charge is 0.262 e. The molecule has 0 aromatic heterocycles. The van der Waals surface area contributed by atoms with Crippen LogP contribution in [0.4, 0.5) is 5.69 Å². The maximum absolute atomic E-state index is 11.9. The van der Waals surface area contributed by atoms with Crippen LogP contribution < -0.4 is 10.1 Å². The Bertz CT molecular complexity index is 671. The van der Waals surface area contributed by atoms with Gasteiger partial charge >= 0.3 is 0 Å². The minimum absolute atomic E-state index is 0.0919.